The lowest BCUT2D eigenvalue weighted by atomic mass is 10.2. The predicted octanol–water partition coefficient (Wildman–Crippen LogP) is 2.93. The molecule has 0 radical (unpaired) electrons. The number of aromatic nitrogens is 3. The summed E-state index contributed by atoms with van der Waals surface area (Å²) in [7, 11) is -1.10. The molecule has 1 aromatic carbocycles. The van der Waals surface area contributed by atoms with E-state index in [1.54, 1.807) is 15.5 Å². The summed E-state index contributed by atoms with van der Waals surface area (Å²) in [4.78, 5) is 29.2. The Kier molecular flexibility index (Phi) is 7.34. The molecular weight excluding hydrogens is 541 g/mol. The van der Waals surface area contributed by atoms with Gasteiger partial charge in [-0.15, -0.1) is 5.10 Å². The quantitative estimate of drug-likeness (QED) is 0.433. The third-order valence-corrected chi connectivity index (χ3v) is 9.19. The molecule has 0 N–H and O–H groups in total. The number of allylic oxidation sites excluding steroid dienone is 1. The number of ether oxygens (including phenoxy) is 2. The number of hydrogen-bond donors (Lipinski definition) is 0. The molecule has 0 saturated heterocycles. The highest BCUT2D eigenvalue weighted by molar-refractivity contribution is 7.92. The Bertz CT molecular complexity index is 1680. The molecule has 13 heteroatoms. The second kappa shape index (κ2) is 10.6. The van der Waals surface area contributed by atoms with Crippen molar-refractivity contribution in [2.24, 2.45) is 0 Å². The number of methoxy groups -OCH3 is 1. The summed E-state index contributed by atoms with van der Waals surface area (Å²) in [5.74, 6) is -0.682. The zero-order valence-corrected chi connectivity index (χ0v) is 23.7. The van der Waals surface area contributed by atoms with E-state index < -0.39 is 21.4 Å². The summed E-state index contributed by atoms with van der Waals surface area (Å²) in [5, 5.41) is 4.60. The van der Waals surface area contributed by atoms with Gasteiger partial charge in [-0.25, -0.2) is 17.5 Å². The van der Waals surface area contributed by atoms with Crippen LogP contribution in [0.25, 0.3) is 10.9 Å². The topological polar surface area (TPSA) is 116 Å². The van der Waals surface area contributed by atoms with Crippen LogP contribution >= 0.6 is 0 Å². The molecule has 0 spiro atoms. The number of rotatable bonds is 2. The Hall–Kier alpha value is -3.87. The first-order chi connectivity index (χ1) is 19.1. The first-order valence-corrected chi connectivity index (χ1v) is 14.7. The molecule has 11 nitrogen and oxygen atoms in total. The molecule has 1 amide bonds. The largest absolute Gasteiger partial charge is 0.493 e. The van der Waals surface area contributed by atoms with Crippen LogP contribution in [0.4, 0.5) is 10.2 Å². The lowest BCUT2D eigenvalue weighted by molar-refractivity contribution is 0.0685. The van der Waals surface area contributed by atoms with Gasteiger partial charge in [-0.05, 0) is 32.8 Å². The fourth-order valence-electron chi connectivity index (χ4n) is 5.32. The van der Waals surface area contributed by atoms with Gasteiger partial charge in [0, 0.05) is 37.8 Å². The van der Waals surface area contributed by atoms with Crippen LogP contribution in [0.3, 0.4) is 0 Å². The molecule has 0 aliphatic carbocycles. The molecular formula is C27H32FN5O6S. The highest BCUT2D eigenvalue weighted by atomic mass is 32.2. The number of anilines is 1. The van der Waals surface area contributed by atoms with Gasteiger partial charge in [0.2, 0.25) is 10.0 Å². The zero-order chi connectivity index (χ0) is 28.8. The van der Waals surface area contributed by atoms with E-state index in [1.807, 2.05) is 19.9 Å². The number of halogens is 1. The van der Waals surface area contributed by atoms with Crippen molar-refractivity contribution in [3.8, 4) is 11.5 Å². The molecule has 1 atom stereocenters. The molecule has 2 bridgehead atoms. The van der Waals surface area contributed by atoms with Gasteiger partial charge in [0.15, 0.2) is 17.3 Å². The Morgan fingerprint density at radius 1 is 1.23 bits per heavy atom. The van der Waals surface area contributed by atoms with Gasteiger partial charge < -0.3 is 18.9 Å². The van der Waals surface area contributed by atoms with Crippen LogP contribution in [-0.2, 0) is 16.6 Å². The number of benzene rings is 1. The van der Waals surface area contributed by atoms with E-state index in [9.17, 15) is 22.4 Å². The van der Waals surface area contributed by atoms with E-state index in [0.29, 0.717) is 31.5 Å². The van der Waals surface area contributed by atoms with Crippen LogP contribution in [-0.4, -0.2) is 73.2 Å². The van der Waals surface area contributed by atoms with Gasteiger partial charge >= 0.3 is 0 Å². The molecule has 214 valence electrons. The number of fused-ring (bicyclic) bond motifs is 7. The summed E-state index contributed by atoms with van der Waals surface area (Å²) in [6.07, 6.45) is 4.39. The molecule has 2 aromatic heterocycles. The van der Waals surface area contributed by atoms with E-state index >= 15 is 0 Å². The van der Waals surface area contributed by atoms with Crippen LogP contribution in [0.15, 0.2) is 35.1 Å². The number of hydrogen-bond acceptors (Lipinski definition) is 7. The van der Waals surface area contributed by atoms with Crippen molar-refractivity contribution >= 4 is 32.7 Å². The van der Waals surface area contributed by atoms with Gasteiger partial charge in [0.25, 0.3) is 11.5 Å². The minimum Gasteiger partial charge on any atom is -0.493 e. The van der Waals surface area contributed by atoms with Gasteiger partial charge in [-0.1, -0.05) is 18.2 Å². The summed E-state index contributed by atoms with van der Waals surface area (Å²) in [6, 6.07) is 3.70. The van der Waals surface area contributed by atoms with Gasteiger partial charge in [0.05, 0.1) is 19.4 Å². The molecule has 0 fully saturated rings. The van der Waals surface area contributed by atoms with E-state index in [2.05, 4.69) is 5.10 Å². The van der Waals surface area contributed by atoms with Crippen molar-refractivity contribution in [2.75, 3.05) is 43.9 Å². The van der Waals surface area contributed by atoms with E-state index in [-0.39, 0.29) is 64.8 Å². The third-order valence-electron chi connectivity index (χ3n) is 7.38. The summed E-state index contributed by atoms with van der Waals surface area (Å²) < 4.78 is 56.4. The zero-order valence-electron chi connectivity index (χ0n) is 22.9. The Labute approximate surface area is 231 Å². The van der Waals surface area contributed by atoms with Crippen molar-refractivity contribution in [1.29, 1.82) is 0 Å². The maximum Gasteiger partial charge on any atom is 0.280 e. The summed E-state index contributed by atoms with van der Waals surface area (Å²) >= 11 is 0. The van der Waals surface area contributed by atoms with E-state index in [1.165, 1.54) is 32.4 Å². The molecule has 5 rings (SSSR count). The lowest BCUT2D eigenvalue weighted by Crippen LogP contribution is -2.42. The molecule has 2 aliphatic rings. The van der Waals surface area contributed by atoms with Gasteiger partial charge in [-0.2, -0.15) is 0 Å². The van der Waals surface area contributed by atoms with Crippen LogP contribution in [0.2, 0.25) is 0 Å². The van der Waals surface area contributed by atoms with Crippen molar-refractivity contribution in [3.05, 3.63) is 57.8 Å². The molecule has 3 aromatic rings. The van der Waals surface area contributed by atoms with Gasteiger partial charge in [0.1, 0.15) is 29.1 Å². The number of sulfonamides is 1. The van der Waals surface area contributed by atoms with Crippen molar-refractivity contribution in [3.63, 3.8) is 0 Å². The number of amides is 1. The highest BCUT2D eigenvalue weighted by Crippen LogP contribution is 2.41. The number of nitrogens with zero attached hydrogens (tertiary/aromatic N) is 5. The molecule has 40 heavy (non-hydrogen) atoms. The van der Waals surface area contributed by atoms with Crippen LogP contribution < -0.4 is 19.3 Å². The standard InChI is InChI=1S/C27H32FN5O6S/c1-5-31-15-17(2)33-22-21(24(38-4)23(33)27(31)35)26(34)32-16-18-10-11-19(28)14-20(18)39-12-8-6-7-9-13-40(36,37)30(3)25(22)29-32/h6,8,10-11,14,17H,5,7,9,12-13,15-16H2,1-4H3/b8-6+/t17-/m0/s1. The Morgan fingerprint density at radius 3 is 2.73 bits per heavy atom. The Morgan fingerprint density at radius 2 is 2.00 bits per heavy atom. The minimum absolute atomic E-state index is 0.00116. The normalized spacial score (nSPS) is 20.2. The lowest BCUT2D eigenvalue weighted by Gasteiger charge is -2.33. The monoisotopic (exact) mass is 573 g/mol. The van der Waals surface area contributed by atoms with Crippen molar-refractivity contribution in [1.82, 2.24) is 19.2 Å². The predicted molar refractivity (Wildman–Crippen MR) is 148 cm³/mol. The molecule has 0 unspecified atom stereocenters. The Balaban J connectivity index is 1.85. The molecule has 2 aliphatic heterocycles. The van der Waals surface area contributed by atoms with Crippen LogP contribution in [0.5, 0.6) is 11.5 Å². The van der Waals surface area contributed by atoms with Crippen molar-refractivity contribution < 1.29 is 27.1 Å². The minimum atomic E-state index is -3.87. The average Bonchev–Trinajstić information content (AvgIpc) is 3.28. The summed E-state index contributed by atoms with van der Waals surface area (Å²) in [6.45, 7) is 4.59. The van der Waals surface area contributed by atoms with Crippen LogP contribution in [0.1, 0.15) is 48.8 Å². The maximum absolute atomic E-state index is 14.1. The molecule has 0 saturated carbocycles. The fourth-order valence-corrected chi connectivity index (χ4v) is 6.51. The number of carbonyl (C=O) groups excluding carboxylic acids is 1. The number of carbonyl (C=O) groups is 1. The maximum atomic E-state index is 14.1. The van der Waals surface area contributed by atoms with Gasteiger partial charge in [-0.3, -0.25) is 13.9 Å². The summed E-state index contributed by atoms with van der Waals surface area (Å²) in [5.41, 5.74) is 0.285. The van der Waals surface area contributed by atoms with E-state index in [0.717, 1.165) is 8.99 Å². The second-order valence-corrected chi connectivity index (χ2v) is 12.0. The third kappa shape index (κ3) is 4.61. The van der Waals surface area contributed by atoms with Crippen molar-refractivity contribution in [2.45, 2.75) is 39.3 Å². The van der Waals surface area contributed by atoms with Crippen LogP contribution in [0, 0.1) is 5.82 Å². The fraction of sp³-hybridized carbons (Fsp3) is 0.444. The first-order valence-electron chi connectivity index (χ1n) is 13.1. The number of likely N-dealkylation sites (N-methyl/N-ethyl adjacent to an activating group) is 1. The second-order valence-electron chi connectivity index (χ2n) is 9.91. The van der Waals surface area contributed by atoms with E-state index in [4.69, 9.17) is 9.47 Å². The molecule has 4 heterocycles. The average molecular weight is 574 g/mol. The smallest absolute Gasteiger partial charge is 0.280 e. The first kappa shape index (κ1) is 27.7. The SMILES string of the molecule is CCN1C[C@H](C)n2c(c(OC)c3c(=O)n4nc(c32)N(C)S(=O)(=O)CCC/C=C/COc2cc(F)ccc2C4)C1=O. The highest BCUT2D eigenvalue weighted by Gasteiger charge is 2.39.